The first-order valence-electron chi connectivity index (χ1n) is 8.06. The minimum absolute atomic E-state index is 0.116. The quantitative estimate of drug-likeness (QED) is 0.538. The number of ether oxygens (including phenoxy) is 2. The van der Waals surface area contributed by atoms with Crippen LogP contribution in [-0.4, -0.2) is 47.2 Å². The summed E-state index contributed by atoms with van der Waals surface area (Å²) in [6.07, 6.45) is 0.557. The molecule has 0 radical (unpaired) electrons. The third-order valence-electron chi connectivity index (χ3n) is 4.62. The van der Waals surface area contributed by atoms with E-state index < -0.39 is 20.3 Å². The highest BCUT2D eigenvalue weighted by atomic mass is 28.4. The van der Waals surface area contributed by atoms with Gasteiger partial charge in [0.15, 0.2) is 8.32 Å². The molecule has 0 aromatic rings. The maximum absolute atomic E-state index is 11.9. The van der Waals surface area contributed by atoms with Crippen LogP contribution in [0.25, 0.3) is 0 Å². The van der Waals surface area contributed by atoms with Gasteiger partial charge >= 0.3 is 12.1 Å². The van der Waals surface area contributed by atoms with Crippen molar-refractivity contribution in [3.05, 3.63) is 0 Å². The SMILES string of the molecule is CC[C@@H](C(=O)OC)[C@H](CCO[Si](C)(C)C(C)(C)C)NC(=O)OC. The van der Waals surface area contributed by atoms with Crippen LogP contribution in [0.1, 0.15) is 40.5 Å². The number of carbonyl (C=O) groups is 2. The molecule has 136 valence electrons. The number of carbonyl (C=O) groups excluding carboxylic acids is 2. The minimum Gasteiger partial charge on any atom is -0.469 e. The Labute approximate surface area is 141 Å². The summed E-state index contributed by atoms with van der Waals surface area (Å²) in [6.45, 7) is 13.2. The molecule has 0 aromatic carbocycles. The molecule has 0 saturated carbocycles. The molecular formula is C16H33NO5Si. The van der Waals surface area contributed by atoms with Crippen LogP contribution in [0.15, 0.2) is 0 Å². The third-order valence-corrected chi connectivity index (χ3v) is 9.15. The number of nitrogens with one attached hydrogen (secondary N) is 1. The van der Waals surface area contributed by atoms with Gasteiger partial charge < -0.3 is 19.2 Å². The number of hydrogen-bond acceptors (Lipinski definition) is 5. The molecule has 1 amide bonds. The van der Waals surface area contributed by atoms with Gasteiger partial charge in [-0.15, -0.1) is 0 Å². The fourth-order valence-corrected chi connectivity index (χ4v) is 3.07. The topological polar surface area (TPSA) is 73.9 Å². The van der Waals surface area contributed by atoms with Crippen LogP contribution in [0.3, 0.4) is 0 Å². The first kappa shape index (κ1) is 21.9. The van der Waals surface area contributed by atoms with Gasteiger partial charge in [0.25, 0.3) is 0 Å². The van der Waals surface area contributed by atoms with E-state index in [9.17, 15) is 9.59 Å². The van der Waals surface area contributed by atoms with Crippen molar-refractivity contribution >= 4 is 20.4 Å². The van der Waals surface area contributed by atoms with E-state index in [1.165, 1.54) is 14.2 Å². The molecule has 0 spiro atoms. The number of esters is 1. The van der Waals surface area contributed by atoms with Gasteiger partial charge in [-0.25, -0.2) is 4.79 Å². The van der Waals surface area contributed by atoms with Crippen LogP contribution in [0.5, 0.6) is 0 Å². The number of hydrogen-bond donors (Lipinski definition) is 1. The fourth-order valence-electron chi connectivity index (χ4n) is 2.01. The second-order valence-electron chi connectivity index (χ2n) is 7.18. The Morgan fingerprint density at radius 2 is 1.70 bits per heavy atom. The summed E-state index contributed by atoms with van der Waals surface area (Å²) >= 11 is 0. The Hall–Kier alpha value is -1.08. The highest BCUT2D eigenvalue weighted by molar-refractivity contribution is 6.74. The summed E-state index contributed by atoms with van der Waals surface area (Å²) in [5, 5.41) is 2.85. The van der Waals surface area contributed by atoms with E-state index in [1.54, 1.807) is 0 Å². The van der Waals surface area contributed by atoms with Crippen LogP contribution in [0, 0.1) is 5.92 Å². The van der Waals surface area contributed by atoms with Gasteiger partial charge in [0.1, 0.15) is 0 Å². The van der Waals surface area contributed by atoms with Crippen molar-refractivity contribution in [3.63, 3.8) is 0 Å². The van der Waals surface area contributed by atoms with Gasteiger partial charge in [-0.2, -0.15) is 0 Å². The molecule has 0 saturated heterocycles. The molecule has 0 rings (SSSR count). The van der Waals surface area contributed by atoms with E-state index in [0.29, 0.717) is 19.4 Å². The Morgan fingerprint density at radius 3 is 2.09 bits per heavy atom. The first-order chi connectivity index (χ1) is 10.5. The van der Waals surface area contributed by atoms with Gasteiger partial charge in [0.2, 0.25) is 0 Å². The second kappa shape index (κ2) is 9.27. The van der Waals surface area contributed by atoms with E-state index in [2.05, 4.69) is 43.9 Å². The molecule has 0 aromatic heterocycles. The lowest BCUT2D eigenvalue weighted by atomic mass is 9.94. The zero-order valence-corrected chi connectivity index (χ0v) is 16.8. The molecule has 6 nitrogen and oxygen atoms in total. The lowest BCUT2D eigenvalue weighted by Gasteiger charge is -2.36. The molecule has 0 unspecified atom stereocenters. The highest BCUT2D eigenvalue weighted by Gasteiger charge is 2.37. The summed E-state index contributed by atoms with van der Waals surface area (Å²) in [5.74, 6) is -0.747. The lowest BCUT2D eigenvalue weighted by Crippen LogP contribution is -2.46. The van der Waals surface area contributed by atoms with Crippen LogP contribution < -0.4 is 5.32 Å². The molecule has 1 N–H and O–H groups in total. The van der Waals surface area contributed by atoms with Crippen molar-refractivity contribution < 1.29 is 23.5 Å². The van der Waals surface area contributed by atoms with E-state index in [0.717, 1.165) is 0 Å². The monoisotopic (exact) mass is 347 g/mol. The van der Waals surface area contributed by atoms with Crippen LogP contribution in [0.4, 0.5) is 4.79 Å². The van der Waals surface area contributed by atoms with Crippen molar-refractivity contribution in [1.29, 1.82) is 0 Å². The number of methoxy groups -OCH3 is 2. The molecule has 0 aliphatic carbocycles. The Bertz CT molecular complexity index is 392. The average Bonchev–Trinajstić information content (AvgIpc) is 2.45. The molecule has 0 heterocycles. The lowest BCUT2D eigenvalue weighted by molar-refractivity contribution is -0.146. The van der Waals surface area contributed by atoms with E-state index >= 15 is 0 Å². The van der Waals surface area contributed by atoms with Crippen LogP contribution in [0.2, 0.25) is 18.1 Å². The van der Waals surface area contributed by atoms with Crippen LogP contribution >= 0.6 is 0 Å². The highest BCUT2D eigenvalue weighted by Crippen LogP contribution is 2.36. The standard InChI is InChI=1S/C16H33NO5Si/c1-9-12(14(18)20-5)13(17-15(19)21-6)10-11-22-23(7,8)16(2,3)4/h12-13H,9-11H2,1-8H3,(H,17,19)/t12-,13+/m1/s1. The minimum atomic E-state index is -1.86. The van der Waals surface area contributed by atoms with Gasteiger partial charge in [0, 0.05) is 12.6 Å². The summed E-state index contributed by atoms with van der Waals surface area (Å²) in [7, 11) is 0.796. The zero-order chi connectivity index (χ0) is 18.3. The maximum Gasteiger partial charge on any atom is 0.407 e. The van der Waals surface area contributed by atoms with Crippen molar-refractivity contribution in [2.75, 3.05) is 20.8 Å². The zero-order valence-electron chi connectivity index (χ0n) is 15.8. The van der Waals surface area contributed by atoms with Gasteiger partial charge in [-0.3, -0.25) is 4.79 Å². The molecular weight excluding hydrogens is 314 g/mol. The number of rotatable bonds is 8. The predicted molar refractivity (Wildman–Crippen MR) is 92.9 cm³/mol. The van der Waals surface area contributed by atoms with Crippen LogP contribution in [-0.2, 0) is 18.7 Å². The van der Waals surface area contributed by atoms with Gasteiger partial charge in [-0.05, 0) is 31.0 Å². The largest absolute Gasteiger partial charge is 0.469 e. The Morgan fingerprint density at radius 1 is 1.13 bits per heavy atom. The van der Waals surface area contributed by atoms with Crippen molar-refractivity contribution in [1.82, 2.24) is 5.32 Å². The van der Waals surface area contributed by atoms with Crippen molar-refractivity contribution in [2.45, 2.75) is 64.7 Å². The average molecular weight is 348 g/mol. The molecule has 7 heteroatoms. The van der Waals surface area contributed by atoms with Crippen molar-refractivity contribution in [2.24, 2.45) is 5.92 Å². The normalized spacial score (nSPS) is 14.8. The van der Waals surface area contributed by atoms with E-state index in [1.807, 2.05) is 6.92 Å². The van der Waals surface area contributed by atoms with E-state index in [4.69, 9.17) is 9.16 Å². The number of amides is 1. The van der Waals surface area contributed by atoms with Gasteiger partial charge in [0.05, 0.1) is 20.1 Å². The molecule has 0 aliphatic heterocycles. The van der Waals surface area contributed by atoms with E-state index in [-0.39, 0.29) is 17.0 Å². The molecule has 23 heavy (non-hydrogen) atoms. The Kier molecular flexibility index (Phi) is 8.83. The molecule has 0 bridgehead atoms. The molecule has 0 aliphatic rings. The summed E-state index contributed by atoms with van der Waals surface area (Å²) in [4.78, 5) is 23.5. The summed E-state index contributed by atoms with van der Waals surface area (Å²) in [6, 6.07) is -0.371. The summed E-state index contributed by atoms with van der Waals surface area (Å²) in [5.41, 5.74) is 0. The summed E-state index contributed by atoms with van der Waals surface area (Å²) < 4.78 is 15.6. The fraction of sp³-hybridized carbons (Fsp3) is 0.875. The van der Waals surface area contributed by atoms with Crippen molar-refractivity contribution in [3.8, 4) is 0 Å². The third kappa shape index (κ3) is 6.91. The maximum atomic E-state index is 11.9. The smallest absolute Gasteiger partial charge is 0.407 e. The second-order valence-corrected chi connectivity index (χ2v) is 12.0. The molecule has 0 fully saturated rings. The number of alkyl carbamates (subject to hydrolysis) is 1. The Balaban J connectivity index is 4.90. The molecule has 2 atom stereocenters. The van der Waals surface area contributed by atoms with Gasteiger partial charge in [-0.1, -0.05) is 27.7 Å². The predicted octanol–water partition coefficient (Wildman–Crippen LogP) is 3.32. The first-order valence-corrected chi connectivity index (χ1v) is 11.0.